The molecule has 78 valence electrons. The summed E-state index contributed by atoms with van der Waals surface area (Å²) in [5.41, 5.74) is 0. The first kappa shape index (κ1) is 9.71. The Bertz CT molecular complexity index is 241. The van der Waals surface area contributed by atoms with Crippen molar-refractivity contribution >= 4 is 5.97 Å². The highest BCUT2D eigenvalue weighted by Crippen LogP contribution is 2.29. The van der Waals surface area contributed by atoms with Crippen molar-refractivity contribution in [2.24, 2.45) is 5.92 Å². The molecule has 0 aromatic carbocycles. The molecule has 1 aliphatic carbocycles. The molecule has 1 fully saturated rings. The number of hydrogen-bond donors (Lipinski definition) is 1. The zero-order chi connectivity index (χ0) is 9.97. The maximum Gasteiger partial charge on any atom is 0.331 e. The molecule has 0 radical (unpaired) electrons. The molecule has 1 saturated carbocycles. The summed E-state index contributed by atoms with van der Waals surface area (Å²) >= 11 is 0. The van der Waals surface area contributed by atoms with Crippen molar-refractivity contribution in [3.8, 4) is 0 Å². The third-order valence-corrected chi connectivity index (χ3v) is 3.14. The molecule has 1 heterocycles. The summed E-state index contributed by atoms with van der Waals surface area (Å²) in [6.07, 6.45) is 7.93. The highest BCUT2D eigenvalue weighted by Gasteiger charge is 2.31. The van der Waals surface area contributed by atoms with Crippen LogP contribution in [-0.4, -0.2) is 23.3 Å². The van der Waals surface area contributed by atoms with Gasteiger partial charge in [-0.05, 0) is 24.8 Å². The molecule has 3 nitrogen and oxygen atoms in total. The Kier molecular flexibility index (Phi) is 2.87. The smallest absolute Gasteiger partial charge is 0.331 e. The van der Waals surface area contributed by atoms with E-state index in [0.29, 0.717) is 5.92 Å². The number of hydrogen-bond acceptors (Lipinski definition) is 3. The van der Waals surface area contributed by atoms with Crippen molar-refractivity contribution in [3.05, 3.63) is 12.2 Å². The summed E-state index contributed by atoms with van der Waals surface area (Å²) in [7, 11) is 0. The van der Waals surface area contributed by atoms with E-state index < -0.39 is 12.2 Å². The Morgan fingerprint density at radius 1 is 1.36 bits per heavy atom. The first-order valence-corrected chi connectivity index (χ1v) is 5.34. The average molecular weight is 196 g/mol. The van der Waals surface area contributed by atoms with E-state index in [2.05, 4.69) is 0 Å². The highest BCUT2D eigenvalue weighted by atomic mass is 16.6. The summed E-state index contributed by atoms with van der Waals surface area (Å²) in [4.78, 5) is 10.8. The van der Waals surface area contributed by atoms with Gasteiger partial charge in [-0.1, -0.05) is 19.3 Å². The van der Waals surface area contributed by atoms with Crippen molar-refractivity contribution < 1.29 is 14.6 Å². The van der Waals surface area contributed by atoms with Gasteiger partial charge in [0.25, 0.3) is 0 Å². The molecule has 1 N–H and O–H groups in total. The Morgan fingerprint density at radius 3 is 2.64 bits per heavy atom. The summed E-state index contributed by atoms with van der Waals surface area (Å²) in [5, 5.41) is 9.96. The SMILES string of the molecule is O=C1C=C[C@H]([C@@H](O)C2CCCCC2)O1. The second-order valence-electron chi connectivity index (χ2n) is 4.15. The molecule has 2 rings (SSSR count). The lowest BCUT2D eigenvalue weighted by molar-refractivity contribution is -0.144. The third kappa shape index (κ3) is 1.98. The number of ether oxygens (including phenoxy) is 1. The van der Waals surface area contributed by atoms with E-state index in [1.54, 1.807) is 6.08 Å². The minimum Gasteiger partial charge on any atom is -0.452 e. The molecule has 0 aromatic rings. The number of cyclic esters (lactones) is 1. The Hall–Kier alpha value is -0.830. The molecule has 0 amide bonds. The minimum absolute atomic E-state index is 0.310. The predicted molar refractivity (Wildman–Crippen MR) is 51.6 cm³/mol. The van der Waals surface area contributed by atoms with Crippen LogP contribution in [0.2, 0.25) is 0 Å². The van der Waals surface area contributed by atoms with Gasteiger partial charge in [0.1, 0.15) is 6.10 Å². The lowest BCUT2D eigenvalue weighted by Gasteiger charge is -2.28. The maximum absolute atomic E-state index is 10.8. The first-order valence-electron chi connectivity index (χ1n) is 5.34. The zero-order valence-corrected chi connectivity index (χ0v) is 8.19. The number of carbonyl (C=O) groups excluding carboxylic acids is 1. The second kappa shape index (κ2) is 4.13. The molecule has 0 spiro atoms. The van der Waals surface area contributed by atoms with Crippen LogP contribution in [0.15, 0.2) is 12.2 Å². The van der Waals surface area contributed by atoms with Crippen LogP contribution in [0.3, 0.4) is 0 Å². The standard InChI is InChI=1S/C11H16O3/c12-10-7-6-9(14-10)11(13)8-4-2-1-3-5-8/h6-9,11,13H,1-5H2/t9-,11+/m1/s1. The molecule has 0 unspecified atom stereocenters. The van der Waals surface area contributed by atoms with Crippen molar-refractivity contribution in [2.75, 3.05) is 0 Å². The number of esters is 1. The quantitative estimate of drug-likeness (QED) is 0.679. The van der Waals surface area contributed by atoms with E-state index in [9.17, 15) is 9.90 Å². The molecule has 3 heteroatoms. The Labute approximate surface area is 83.8 Å². The van der Waals surface area contributed by atoms with Gasteiger partial charge in [0.2, 0.25) is 0 Å². The van der Waals surface area contributed by atoms with Gasteiger partial charge < -0.3 is 9.84 Å². The largest absolute Gasteiger partial charge is 0.452 e. The molecule has 2 aliphatic rings. The number of aliphatic hydroxyl groups is 1. The molecule has 2 atom stereocenters. The van der Waals surface area contributed by atoms with E-state index in [4.69, 9.17) is 4.74 Å². The van der Waals surface area contributed by atoms with Gasteiger partial charge >= 0.3 is 5.97 Å². The molecule has 0 bridgehead atoms. The average Bonchev–Trinajstić information content (AvgIpc) is 2.65. The monoisotopic (exact) mass is 196 g/mol. The van der Waals surface area contributed by atoms with Gasteiger partial charge in [-0.3, -0.25) is 0 Å². The van der Waals surface area contributed by atoms with E-state index in [1.807, 2.05) is 0 Å². The van der Waals surface area contributed by atoms with Crippen LogP contribution in [0, 0.1) is 5.92 Å². The summed E-state index contributed by atoms with van der Waals surface area (Å²) in [6.45, 7) is 0. The van der Waals surface area contributed by atoms with Crippen molar-refractivity contribution in [3.63, 3.8) is 0 Å². The number of carbonyl (C=O) groups is 1. The van der Waals surface area contributed by atoms with Crippen LogP contribution in [0.5, 0.6) is 0 Å². The fourth-order valence-electron chi connectivity index (χ4n) is 2.31. The molecule has 0 aromatic heterocycles. The minimum atomic E-state index is -0.502. The molecule has 0 saturated heterocycles. The second-order valence-corrected chi connectivity index (χ2v) is 4.15. The molecular weight excluding hydrogens is 180 g/mol. The Morgan fingerprint density at radius 2 is 2.07 bits per heavy atom. The molecule has 14 heavy (non-hydrogen) atoms. The van der Waals surface area contributed by atoms with Crippen LogP contribution in [0.25, 0.3) is 0 Å². The van der Waals surface area contributed by atoms with E-state index in [1.165, 1.54) is 25.3 Å². The lowest BCUT2D eigenvalue weighted by Crippen LogP contribution is -2.34. The molecule has 1 aliphatic heterocycles. The van der Waals surface area contributed by atoms with E-state index >= 15 is 0 Å². The van der Waals surface area contributed by atoms with Gasteiger partial charge in [-0.15, -0.1) is 0 Å². The van der Waals surface area contributed by atoms with Crippen LogP contribution in [0.1, 0.15) is 32.1 Å². The van der Waals surface area contributed by atoms with Gasteiger partial charge in [-0.2, -0.15) is 0 Å². The summed E-state index contributed by atoms with van der Waals surface area (Å²) in [5.74, 6) is -0.0193. The van der Waals surface area contributed by atoms with Gasteiger partial charge in [-0.25, -0.2) is 4.79 Å². The third-order valence-electron chi connectivity index (χ3n) is 3.14. The van der Waals surface area contributed by atoms with Crippen molar-refractivity contribution in [1.29, 1.82) is 0 Å². The fraction of sp³-hybridized carbons (Fsp3) is 0.727. The topological polar surface area (TPSA) is 46.5 Å². The zero-order valence-electron chi connectivity index (χ0n) is 8.19. The summed E-state index contributed by atoms with van der Waals surface area (Å²) < 4.78 is 4.98. The number of aliphatic hydroxyl groups excluding tert-OH is 1. The van der Waals surface area contributed by atoms with Gasteiger partial charge in [0, 0.05) is 6.08 Å². The van der Waals surface area contributed by atoms with Crippen LogP contribution >= 0.6 is 0 Å². The Balaban J connectivity index is 1.90. The van der Waals surface area contributed by atoms with E-state index in [0.717, 1.165) is 12.8 Å². The van der Waals surface area contributed by atoms with Gasteiger partial charge in [0.05, 0.1) is 6.10 Å². The normalized spacial score (nSPS) is 30.4. The van der Waals surface area contributed by atoms with Gasteiger partial charge in [0.15, 0.2) is 0 Å². The molecular formula is C11H16O3. The van der Waals surface area contributed by atoms with Crippen LogP contribution in [-0.2, 0) is 9.53 Å². The first-order chi connectivity index (χ1) is 6.77. The van der Waals surface area contributed by atoms with Crippen LogP contribution < -0.4 is 0 Å². The van der Waals surface area contributed by atoms with Crippen molar-refractivity contribution in [2.45, 2.75) is 44.3 Å². The van der Waals surface area contributed by atoms with Crippen molar-refractivity contribution in [1.82, 2.24) is 0 Å². The summed E-state index contributed by atoms with van der Waals surface area (Å²) in [6, 6.07) is 0. The maximum atomic E-state index is 10.8. The van der Waals surface area contributed by atoms with E-state index in [-0.39, 0.29) is 5.97 Å². The number of rotatable bonds is 2. The lowest BCUT2D eigenvalue weighted by atomic mass is 9.83. The highest BCUT2D eigenvalue weighted by molar-refractivity contribution is 5.84. The van der Waals surface area contributed by atoms with Crippen LogP contribution in [0.4, 0.5) is 0 Å². The predicted octanol–water partition coefficient (Wildman–Crippen LogP) is 1.41. The fourth-order valence-corrected chi connectivity index (χ4v) is 2.31.